The SMILES string of the molecule is CC(C)c1nc2ccccc2n1C(N)=O. The number of benzene rings is 1. The highest BCUT2D eigenvalue weighted by Gasteiger charge is 2.16. The summed E-state index contributed by atoms with van der Waals surface area (Å²) in [6.07, 6.45) is 0. The van der Waals surface area contributed by atoms with Gasteiger partial charge in [0, 0.05) is 5.92 Å². The molecule has 1 amide bonds. The van der Waals surface area contributed by atoms with Gasteiger partial charge in [-0.25, -0.2) is 14.3 Å². The predicted octanol–water partition coefficient (Wildman–Crippen LogP) is 2.09. The monoisotopic (exact) mass is 203 g/mol. The first kappa shape index (κ1) is 9.71. The number of amides is 1. The van der Waals surface area contributed by atoms with Crippen LogP contribution >= 0.6 is 0 Å². The van der Waals surface area contributed by atoms with E-state index in [4.69, 9.17) is 5.73 Å². The van der Waals surface area contributed by atoms with Gasteiger partial charge in [0.15, 0.2) is 0 Å². The van der Waals surface area contributed by atoms with Gasteiger partial charge in [0.25, 0.3) is 0 Å². The average molecular weight is 203 g/mol. The molecule has 0 saturated heterocycles. The molecule has 2 N–H and O–H groups in total. The lowest BCUT2D eigenvalue weighted by Crippen LogP contribution is -2.22. The van der Waals surface area contributed by atoms with Crippen molar-refractivity contribution in [3.63, 3.8) is 0 Å². The lowest BCUT2D eigenvalue weighted by Gasteiger charge is -2.06. The normalized spacial score (nSPS) is 11.1. The fraction of sp³-hybridized carbons (Fsp3) is 0.273. The second-order valence-corrected chi connectivity index (χ2v) is 3.79. The van der Waals surface area contributed by atoms with Crippen molar-refractivity contribution < 1.29 is 4.79 Å². The average Bonchev–Trinajstić information content (AvgIpc) is 2.56. The summed E-state index contributed by atoms with van der Waals surface area (Å²) in [6.45, 7) is 3.97. The van der Waals surface area contributed by atoms with E-state index >= 15 is 0 Å². The molecule has 2 rings (SSSR count). The van der Waals surface area contributed by atoms with E-state index in [9.17, 15) is 4.79 Å². The van der Waals surface area contributed by atoms with Gasteiger partial charge < -0.3 is 5.73 Å². The highest BCUT2D eigenvalue weighted by atomic mass is 16.2. The van der Waals surface area contributed by atoms with Crippen LogP contribution in [0.3, 0.4) is 0 Å². The van der Waals surface area contributed by atoms with Crippen LogP contribution in [0.25, 0.3) is 11.0 Å². The van der Waals surface area contributed by atoms with Crippen LogP contribution < -0.4 is 5.73 Å². The molecule has 4 heteroatoms. The number of aromatic nitrogens is 2. The van der Waals surface area contributed by atoms with Crippen molar-refractivity contribution in [3.05, 3.63) is 30.1 Å². The summed E-state index contributed by atoms with van der Waals surface area (Å²) in [5.41, 5.74) is 6.92. The molecular weight excluding hydrogens is 190 g/mol. The van der Waals surface area contributed by atoms with Crippen LogP contribution in [0.15, 0.2) is 24.3 Å². The summed E-state index contributed by atoms with van der Waals surface area (Å²) in [5.74, 6) is 0.883. The number of carbonyl (C=O) groups is 1. The van der Waals surface area contributed by atoms with E-state index in [-0.39, 0.29) is 5.92 Å². The Balaban J connectivity index is 2.80. The van der Waals surface area contributed by atoms with Crippen LogP contribution in [-0.4, -0.2) is 15.6 Å². The van der Waals surface area contributed by atoms with Crippen LogP contribution in [0, 0.1) is 0 Å². The molecule has 1 heterocycles. The number of primary amides is 1. The third-order valence-electron chi connectivity index (χ3n) is 2.32. The first-order valence-corrected chi connectivity index (χ1v) is 4.88. The second-order valence-electron chi connectivity index (χ2n) is 3.79. The second kappa shape index (κ2) is 3.38. The van der Waals surface area contributed by atoms with Crippen molar-refractivity contribution in [1.29, 1.82) is 0 Å². The van der Waals surface area contributed by atoms with Crippen LogP contribution in [0.5, 0.6) is 0 Å². The number of hydrogen-bond acceptors (Lipinski definition) is 2. The maximum Gasteiger partial charge on any atom is 0.324 e. The summed E-state index contributed by atoms with van der Waals surface area (Å²) in [4.78, 5) is 15.7. The standard InChI is InChI=1S/C11H13N3O/c1-7(2)10-13-8-5-3-4-6-9(8)14(10)11(12)15/h3-7H,1-2H3,(H2,12,15). The number of fused-ring (bicyclic) bond motifs is 1. The molecule has 0 atom stereocenters. The van der Waals surface area contributed by atoms with E-state index in [1.165, 1.54) is 4.57 Å². The third kappa shape index (κ3) is 1.48. The lowest BCUT2D eigenvalue weighted by molar-refractivity contribution is 0.250. The maximum absolute atomic E-state index is 11.3. The molecule has 0 spiro atoms. The highest BCUT2D eigenvalue weighted by molar-refractivity contribution is 5.89. The Bertz CT molecular complexity index is 514. The minimum Gasteiger partial charge on any atom is -0.351 e. The Morgan fingerprint density at radius 1 is 1.40 bits per heavy atom. The maximum atomic E-state index is 11.3. The van der Waals surface area contributed by atoms with Gasteiger partial charge >= 0.3 is 6.03 Å². The number of para-hydroxylation sites is 2. The number of nitrogens with two attached hydrogens (primary N) is 1. The number of nitrogens with zero attached hydrogens (tertiary/aromatic N) is 2. The molecular formula is C11H13N3O. The van der Waals surface area contributed by atoms with Gasteiger partial charge in [-0.1, -0.05) is 26.0 Å². The molecule has 0 fully saturated rings. The van der Waals surface area contributed by atoms with Gasteiger partial charge in [-0.2, -0.15) is 0 Å². The Kier molecular flexibility index (Phi) is 2.19. The molecule has 4 nitrogen and oxygen atoms in total. The van der Waals surface area contributed by atoms with E-state index in [2.05, 4.69) is 4.98 Å². The molecule has 15 heavy (non-hydrogen) atoms. The zero-order valence-electron chi connectivity index (χ0n) is 8.77. The van der Waals surface area contributed by atoms with Crippen LogP contribution in [0.4, 0.5) is 4.79 Å². The summed E-state index contributed by atoms with van der Waals surface area (Å²) in [7, 11) is 0. The molecule has 1 aromatic heterocycles. The van der Waals surface area contributed by atoms with Gasteiger partial charge in [0.1, 0.15) is 5.82 Å². The summed E-state index contributed by atoms with van der Waals surface area (Å²) in [5, 5.41) is 0. The third-order valence-corrected chi connectivity index (χ3v) is 2.32. The van der Waals surface area contributed by atoms with Gasteiger partial charge in [-0.15, -0.1) is 0 Å². The van der Waals surface area contributed by atoms with Crippen LogP contribution in [0.1, 0.15) is 25.6 Å². The van der Waals surface area contributed by atoms with E-state index < -0.39 is 6.03 Å². The Labute approximate surface area is 87.7 Å². The molecule has 0 radical (unpaired) electrons. The molecule has 0 aliphatic heterocycles. The van der Waals surface area contributed by atoms with Gasteiger partial charge in [-0.05, 0) is 12.1 Å². The Hall–Kier alpha value is -1.84. The zero-order valence-corrected chi connectivity index (χ0v) is 8.77. The van der Waals surface area contributed by atoms with Gasteiger partial charge in [0.2, 0.25) is 0 Å². The lowest BCUT2D eigenvalue weighted by atomic mass is 10.2. The van der Waals surface area contributed by atoms with E-state index in [1.54, 1.807) is 0 Å². The fourth-order valence-electron chi connectivity index (χ4n) is 1.66. The summed E-state index contributed by atoms with van der Waals surface area (Å²) in [6, 6.07) is 7.00. The Morgan fingerprint density at radius 3 is 2.67 bits per heavy atom. The van der Waals surface area contributed by atoms with Crippen molar-refractivity contribution in [2.24, 2.45) is 5.73 Å². The number of imidazole rings is 1. The highest BCUT2D eigenvalue weighted by Crippen LogP contribution is 2.20. The molecule has 78 valence electrons. The Morgan fingerprint density at radius 2 is 2.07 bits per heavy atom. The topological polar surface area (TPSA) is 60.9 Å². The number of hydrogen-bond donors (Lipinski definition) is 1. The predicted molar refractivity (Wildman–Crippen MR) is 58.8 cm³/mol. The quantitative estimate of drug-likeness (QED) is 0.771. The fourth-order valence-corrected chi connectivity index (χ4v) is 1.66. The van der Waals surface area contributed by atoms with Crippen LogP contribution in [-0.2, 0) is 0 Å². The molecule has 0 unspecified atom stereocenters. The number of carbonyl (C=O) groups excluding carboxylic acids is 1. The molecule has 2 aromatic rings. The zero-order chi connectivity index (χ0) is 11.0. The van der Waals surface area contributed by atoms with Crippen LogP contribution in [0.2, 0.25) is 0 Å². The summed E-state index contributed by atoms with van der Waals surface area (Å²) < 4.78 is 1.47. The van der Waals surface area contributed by atoms with Crippen molar-refractivity contribution in [1.82, 2.24) is 9.55 Å². The van der Waals surface area contributed by atoms with Gasteiger partial charge in [-0.3, -0.25) is 0 Å². The summed E-state index contributed by atoms with van der Waals surface area (Å²) >= 11 is 0. The molecule has 0 aliphatic carbocycles. The molecule has 0 bridgehead atoms. The van der Waals surface area contributed by atoms with E-state index in [0.717, 1.165) is 11.0 Å². The van der Waals surface area contributed by atoms with Crippen molar-refractivity contribution in [3.8, 4) is 0 Å². The molecule has 1 aromatic carbocycles. The van der Waals surface area contributed by atoms with E-state index in [0.29, 0.717) is 5.82 Å². The molecule has 0 saturated carbocycles. The van der Waals surface area contributed by atoms with Crippen molar-refractivity contribution in [2.45, 2.75) is 19.8 Å². The first-order chi connectivity index (χ1) is 7.11. The number of rotatable bonds is 1. The minimum absolute atomic E-state index is 0.171. The first-order valence-electron chi connectivity index (χ1n) is 4.88. The minimum atomic E-state index is -0.479. The largest absolute Gasteiger partial charge is 0.351 e. The van der Waals surface area contributed by atoms with Crippen molar-refractivity contribution >= 4 is 17.1 Å². The smallest absolute Gasteiger partial charge is 0.324 e. The molecule has 0 aliphatic rings. The van der Waals surface area contributed by atoms with Gasteiger partial charge in [0.05, 0.1) is 11.0 Å². The van der Waals surface area contributed by atoms with E-state index in [1.807, 2.05) is 38.1 Å². The van der Waals surface area contributed by atoms with Crippen molar-refractivity contribution in [2.75, 3.05) is 0 Å².